The molecule has 0 spiro atoms. The fourth-order valence-corrected chi connectivity index (χ4v) is 2.65. The third-order valence-electron chi connectivity index (χ3n) is 2.76. The molecule has 0 saturated heterocycles. The van der Waals surface area contributed by atoms with Crippen LogP contribution in [0.5, 0.6) is 0 Å². The Morgan fingerprint density at radius 2 is 2.05 bits per heavy atom. The van der Waals surface area contributed by atoms with Crippen LogP contribution in [0.25, 0.3) is 0 Å². The van der Waals surface area contributed by atoms with E-state index in [9.17, 15) is 13.2 Å². The largest absolute Gasteiger partial charge is 0.417 e. The minimum atomic E-state index is -4.35. The van der Waals surface area contributed by atoms with Crippen LogP contribution >= 0.6 is 11.8 Å². The average Bonchev–Trinajstić information content (AvgIpc) is 2.41. The highest BCUT2D eigenvalue weighted by atomic mass is 32.2. The summed E-state index contributed by atoms with van der Waals surface area (Å²) in [5.74, 6) is 0.439. The second-order valence-corrected chi connectivity index (χ2v) is 5.77. The summed E-state index contributed by atoms with van der Waals surface area (Å²) in [4.78, 5) is 0.220. The van der Waals surface area contributed by atoms with Crippen molar-refractivity contribution in [2.24, 2.45) is 5.92 Å². The Labute approximate surface area is 121 Å². The van der Waals surface area contributed by atoms with Crippen LogP contribution in [0.15, 0.2) is 23.1 Å². The second-order valence-electron chi connectivity index (χ2n) is 4.71. The second kappa shape index (κ2) is 7.90. The lowest BCUT2D eigenvalue weighted by molar-refractivity contribution is -0.139. The van der Waals surface area contributed by atoms with Crippen molar-refractivity contribution in [3.05, 3.63) is 29.3 Å². The van der Waals surface area contributed by atoms with Gasteiger partial charge in [0.15, 0.2) is 0 Å². The van der Waals surface area contributed by atoms with Gasteiger partial charge in [-0.2, -0.15) is 13.2 Å². The summed E-state index contributed by atoms with van der Waals surface area (Å²) < 4.78 is 39.2. The summed E-state index contributed by atoms with van der Waals surface area (Å²) in [7, 11) is 0. The molecule has 0 aliphatic carbocycles. The normalized spacial score (nSPS) is 13.5. The zero-order valence-corrected chi connectivity index (χ0v) is 12.4. The molecule has 0 aromatic heterocycles. The highest BCUT2D eigenvalue weighted by Crippen LogP contribution is 2.37. The summed E-state index contributed by atoms with van der Waals surface area (Å²) in [6.45, 7) is 4.83. The maximum Gasteiger partial charge on any atom is 0.417 e. The highest BCUT2D eigenvalue weighted by Gasteiger charge is 2.33. The number of aliphatic hydroxyl groups is 1. The van der Waals surface area contributed by atoms with Crippen LogP contribution in [-0.4, -0.2) is 24.0 Å². The van der Waals surface area contributed by atoms with E-state index in [0.717, 1.165) is 11.8 Å². The van der Waals surface area contributed by atoms with Gasteiger partial charge in [-0.05, 0) is 30.2 Å². The molecule has 1 unspecified atom stereocenters. The maximum atomic E-state index is 13.1. The van der Waals surface area contributed by atoms with Crippen molar-refractivity contribution in [3.8, 4) is 0 Å². The number of aliphatic hydroxyl groups excluding tert-OH is 1. The predicted molar refractivity (Wildman–Crippen MR) is 75.8 cm³/mol. The lowest BCUT2D eigenvalue weighted by Crippen LogP contribution is -2.14. The molecular formula is C14H20F3NOS. The fourth-order valence-electron chi connectivity index (χ4n) is 1.59. The molecule has 114 valence electrons. The van der Waals surface area contributed by atoms with Crippen LogP contribution in [0, 0.1) is 5.92 Å². The van der Waals surface area contributed by atoms with Crippen LogP contribution in [0.2, 0.25) is 0 Å². The van der Waals surface area contributed by atoms with E-state index in [1.165, 1.54) is 12.1 Å². The van der Waals surface area contributed by atoms with Crippen molar-refractivity contribution in [1.82, 2.24) is 5.32 Å². The molecule has 2 N–H and O–H groups in total. The predicted octanol–water partition coefficient (Wildman–Crippen LogP) is 3.54. The van der Waals surface area contributed by atoms with Gasteiger partial charge in [-0.25, -0.2) is 0 Å². The molecule has 2 nitrogen and oxygen atoms in total. The van der Waals surface area contributed by atoms with Crippen molar-refractivity contribution in [2.75, 3.05) is 18.9 Å². The number of alkyl halides is 3. The summed E-state index contributed by atoms with van der Waals surface area (Å²) in [5, 5.41) is 12.0. The summed E-state index contributed by atoms with van der Waals surface area (Å²) >= 11 is 1.14. The molecule has 20 heavy (non-hydrogen) atoms. The summed E-state index contributed by atoms with van der Waals surface area (Å²) in [5.41, 5.74) is 0.0294. The number of hydrogen-bond acceptors (Lipinski definition) is 3. The minimum absolute atomic E-state index is 0.0210. The van der Waals surface area contributed by atoms with Gasteiger partial charge in [-0.3, -0.25) is 0 Å². The van der Waals surface area contributed by atoms with E-state index in [1.54, 1.807) is 13.0 Å². The van der Waals surface area contributed by atoms with Gasteiger partial charge in [0, 0.05) is 23.8 Å². The molecule has 0 heterocycles. The van der Waals surface area contributed by atoms with Crippen LogP contribution in [0.3, 0.4) is 0 Å². The van der Waals surface area contributed by atoms with E-state index in [1.807, 2.05) is 6.92 Å². The number of halogens is 3. The minimum Gasteiger partial charge on any atom is -0.396 e. The van der Waals surface area contributed by atoms with Gasteiger partial charge < -0.3 is 10.4 Å². The van der Waals surface area contributed by atoms with E-state index in [0.29, 0.717) is 24.4 Å². The van der Waals surface area contributed by atoms with Crippen LogP contribution < -0.4 is 5.32 Å². The van der Waals surface area contributed by atoms with Crippen molar-refractivity contribution in [3.63, 3.8) is 0 Å². The Kier molecular flexibility index (Phi) is 6.85. The van der Waals surface area contributed by atoms with Gasteiger partial charge in [-0.1, -0.05) is 19.9 Å². The fraction of sp³-hybridized carbons (Fsp3) is 0.571. The Balaban J connectivity index is 2.92. The van der Waals surface area contributed by atoms with Crippen LogP contribution in [0.4, 0.5) is 13.2 Å². The lowest BCUT2D eigenvalue weighted by atomic mass is 10.1. The first kappa shape index (κ1) is 17.3. The molecule has 1 atom stereocenters. The molecule has 1 aromatic rings. The molecule has 0 aliphatic rings. The van der Waals surface area contributed by atoms with Gasteiger partial charge in [0.1, 0.15) is 0 Å². The van der Waals surface area contributed by atoms with E-state index < -0.39 is 11.7 Å². The SMILES string of the molecule is CCNCc1ccc(SCC(C)CO)c(C(F)(F)F)c1. The molecule has 0 saturated carbocycles. The zero-order valence-electron chi connectivity index (χ0n) is 11.6. The molecule has 0 amide bonds. The first-order valence-electron chi connectivity index (χ1n) is 6.53. The van der Waals surface area contributed by atoms with Gasteiger partial charge in [-0.15, -0.1) is 11.8 Å². The Hall–Kier alpha value is -0.720. The van der Waals surface area contributed by atoms with Crippen molar-refractivity contribution >= 4 is 11.8 Å². The third kappa shape index (κ3) is 5.34. The van der Waals surface area contributed by atoms with E-state index in [2.05, 4.69) is 5.32 Å². The smallest absolute Gasteiger partial charge is 0.396 e. The number of benzene rings is 1. The molecule has 0 fully saturated rings. The van der Waals surface area contributed by atoms with Crippen molar-refractivity contribution < 1.29 is 18.3 Å². The quantitative estimate of drug-likeness (QED) is 0.756. The van der Waals surface area contributed by atoms with Crippen molar-refractivity contribution in [1.29, 1.82) is 0 Å². The maximum absolute atomic E-state index is 13.1. The molecule has 6 heteroatoms. The topological polar surface area (TPSA) is 32.3 Å². The molecular weight excluding hydrogens is 287 g/mol. The summed E-state index contributed by atoms with van der Waals surface area (Å²) in [6, 6.07) is 4.43. The van der Waals surface area contributed by atoms with E-state index >= 15 is 0 Å². The lowest BCUT2D eigenvalue weighted by Gasteiger charge is -2.15. The average molecular weight is 307 g/mol. The van der Waals surface area contributed by atoms with Gasteiger partial charge in [0.05, 0.1) is 5.56 Å². The van der Waals surface area contributed by atoms with Crippen LogP contribution in [-0.2, 0) is 12.7 Å². The molecule has 0 radical (unpaired) electrons. The van der Waals surface area contributed by atoms with E-state index in [4.69, 9.17) is 5.11 Å². The number of rotatable bonds is 7. The standard InChI is InChI=1S/C14H20F3NOS/c1-3-18-7-11-4-5-13(20-9-10(2)8-19)12(6-11)14(15,16)17/h4-6,10,18-19H,3,7-9H2,1-2H3. The van der Waals surface area contributed by atoms with Gasteiger partial charge in [0.25, 0.3) is 0 Å². The number of thioether (sulfide) groups is 1. The highest BCUT2D eigenvalue weighted by molar-refractivity contribution is 7.99. The monoisotopic (exact) mass is 307 g/mol. The van der Waals surface area contributed by atoms with Crippen LogP contribution in [0.1, 0.15) is 25.0 Å². The molecule has 1 rings (SSSR count). The zero-order chi connectivity index (χ0) is 15.2. The molecule has 1 aromatic carbocycles. The summed E-state index contributed by atoms with van der Waals surface area (Å²) in [6.07, 6.45) is -4.35. The molecule has 0 bridgehead atoms. The first-order chi connectivity index (χ1) is 9.38. The number of hydrogen-bond donors (Lipinski definition) is 2. The third-order valence-corrected chi connectivity index (χ3v) is 4.17. The Morgan fingerprint density at radius 1 is 1.35 bits per heavy atom. The van der Waals surface area contributed by atoms with E-state index in [-0.39, 0.29) is 17.4 Å². The first-order valence-corrected chi connectivity index (χ1v) is 7.51. The van der Waals surface area contributed by atoms with Gasteiger partial charge >= 0.3 is 6.18 Å². The molecule has 0 aliphatic heterocycles. The van der Waals surface area contributed by atoms with Gasteiger partial charge in [0.2, 0.25) is 0 Å². The Bertz CT molecular complexity index is 423. The van der Waals surface area contributed by atoms with Crippen molar-refractivity contribution in [2.45, 2.75) is 31.5 Å². The number of nitrogens with one attached hydrogen (secondary N) is 1. The Morgan fingerprint density at radius 3 is 2.60 bits per heavy atom.